The van der Waals surface area contributed by atoms with Gasteiger partial charge in [0.2, 0.25) is 0 Å². The minimum absolute atomic E-state index is 0.534. The van der Waals surface area contributed by atoms with Gasteiger partial charge in [-0.1, -0.05) is 0 Å². The number of likely N-dealkylation sites (tertiary alicyclic amines) is 1. The quantitative estimate of drug-likeness (QED) is 0.641. The van der Waals surface area contributed by atoms with Gasteiger partial charge in [-0.05, 0) is 0 Å². The average molecular weight is 168 g/mol. The number of nitrogens with zero attached hydrogens (tertiary/aromatic N) is 1. The molecule has 0 bridgehead atoms. The van der Waals surface area contributed by atoms with E-state index in [0.717, 1.165) is 7.27 Å². The molecule has 12 heavy (non-hydrogen) atoms. The van der Waals surface area contributed by atoms with Crippen LogP contribution in [-0.2, 0) is 4.65 Å². The van der Waals surface area contributed by atoms with E-state index in [1.807, 2.05) is 0 Å². The van der Waals surface area contributed by atoms with Crippen LogP contribution in [0.5, 0.6) is 0 Å². The normalized spacial score (nSPS) is 24.4. The summed E-state index contributed by atoms with van der Waals surface area (Å²) in [7, 11) is 1.04. The van der Waals surface area contributed by atoms with E-state index in [1.54, 1.807) is 0 Å². The second-order valence-corrected chi connectivity index (χ2v) is 3.58. The molecular formula is C8H17BN2O. The number of nitrogens with one attached hydrogen (secondary N) is 1. The Kier molecular flexibility index (Phi) is 3.72. The van der Waals surface area contributed by atoms with Crippen LogP contribution in [0.1, 0.15) is 26.7 Å². The van der Waals surface area contributed by atoms with Gasteiger partial charge in [0.15, 0.2) is 0 Å². The van der Waals surface area contributed by atoms with Gasteiger partial charge >= 0.3 is 74.1 Å². The van der Waals surface area contributed by atoms with E-state index >= 15 is 0 Å². The third kappa shape index (κ3) is 2.30. The van der Waals surface area contributed by atoms with Crippen molar-refractivity contribution in [3.8, 4) is 0 Å². The first-order valence-corrected chi connectivity index (χ1v) is 4.62. The molecule has 1 saturated heterocycles. The molecule has 1 heterocycles. The Labute approximate surface area is 74.9 Å². The molecule has 1 rings (SSSR count). The predicted octanol–water partition coefficient (Wildman–Crippen LogP) is 1.26. The van der Waals surface area contributed by atoms with E-state index in [2.05, 4.69) is 18.7 Å². The summed E-state index contributed by atoms with van der Waals surface area (Å²) < 4.78 is 5.00. The third-order valence-corrected chi connectivity index (χ3v) is 2.46. The summed E-state index contributed by atoms with van der Waals surface area (Å²) in [6.07, 6.45) is 2.48. The predicted molar refractivity (Wildman–Crippen MR) is 49.3 cm³/mol. The summed E-state index contributed by atoms with van der Waals surface area (Å²) in [6, 6.07) is 1.14. The van der Waals surface area contributed by atoms with E-state index in [0.29, 0.717) is 18.7 Å². The second-order valence-electron chi connectivity index (χ2n) is 3.58. The molecule has 0 saturated carbocycles. The molecule has 0 spiro atoms. The summed E-state index contributed by atoms with van der Waals surface area (Å²) in [5.74, 6) is 0. The monoisotopic (exact) mass is 168 g/mol. The molecule has 1 aliphatic rings. The summed E-state index contributed by atoms with van der Waals surface area (Å²) in [5, 5.41) is 6.77. The number of hydrogen-bond donors (Lipinski definition) is 1. The Hall–Kier alpha value is -0.375. The Morgan fingerprint density at radius 3 is 3.00 bits per heavy atom. The van der Waals surface area contributed by atoms with Crippen molar-refractivity contribution >= 4 is 7.27 Å². The van der Waals surface area contributed by atoms with Gasteiger partial charge in [0.25, 0.3) is 0 Å². The average Bonchev–Trinajstić information content (AvgIpc) is 2.48. The van der Waals surface area contributed by atoms with E-state index < -0.39 is 0 Å². The summed E-state index contributed by atoms with van der Waals surface area (Å²) in [4.78, 5) is 2.45. The Balaban J connectivity index is 2.35. The first-order valence-electron chi connectivity index (χ1n) is 4.62. The fourth-order valence-corrected chi connectivity index (χ4v) is 1.88. The van der Waals surface area contributed by atoms with Gasteiger partial charge in [0.1, 0.15) is 0 Å². The third-order valence-electron chi connectivity index (χ3n) is 2.46. The van der Waals surface area contributed by atoms with Crippen LogP contribution in [0.3, 0.4) is 0 Å². The van der Waals surface area contributed by atoms with E-state index in [4.69, 9.17) is 9.97 Å². The molecule has 3 nitrogen and oxygen atoms in total. The Morgan fingerprint density at radius 2 is 2.42 bits per heavy atom. The maximum atomic E-state index is 6.77. The molecule has 1 N–H and O–H groups in total. The molecule has 0 aromatic heterocycles. The van der Waals surface area contributed by atoms with Gasteiger partial charge in [0, 0.05) is 0 Å². The van der Waals surface area contributed by atoms with Crippen LogP contribution in [-0.4, -0.2) is 37.4 Å². The van der Waals surface area contributed by atoms with Crippen molar-refractivity contribution in [1.82, 2.24) is 4.90 Å². The van der Waals surface area contributed by atoms with Crippen LogP contribution in [0, 0.1) is 5.31 Å². The fourth-order valence-electron chi connectivity index (χ4n) is 1.88. The summed E-state index contributed by atoms with van der Waals surface area (Å²) in [6.45, 7) is 6.29. The molecule has 0 unspecified atom stereocenters. The standard InChI is InChI=1S/C8H17BN2O/c1-7(2)11-5-3-4-8(11)6-12-9-10/h7-8,10H,3-6H2,1-2H3/t8-/m0/s1. The first kappa shape index (κ1) is 9.71. The molecular weight excluding hydrogens is 151 g/mol. The molecule has 0 aromatic rings. The molecule has 0 aliphatic carbocycles. The summed E-state index contributed by atoms with van der Waals surface area (Å²) in [5.41, 5.74) is 0. The van der Waals surface area contributed by atoms with Crippen molar-refractivity contribution < 1.29 is 4.65 Å². The van der Waals surface area contributed by atoms with Gasteiger partial charge in [-0.3, -0.25) is 0 Å². The molecule has 0 amide bonds. The zero-order valence-electron chi connectivity index (χ0n) is 7.92. The Morgan fingerprint density at radius 1 is 1.67 bits per heavy atom. The molecule has 0 aromatic carbocycles. The van der Waals surface area contributed by atoms with Crippen LogP contribution >= 0.6 is 0 Å². The van der Waals surface area contributed by atoms with Gasteiger partial charge in [-0.2, -0.15) is 0 Å². The fraction of sp³-hybridized carbons (Fsp3) is 1.00. The Bertz CT molecular complexity index is 152. The zero-order chi connectivity index (χ0) is 8.97. The van der Waals surface area contributed by atoms with Crippen molar-refractivity contribution in [3.63, 3.8) is 0 Å². The number of hydrogen-bond acceptors (Lipinski definition) is 3. The van der Waals surface area contributed by atoms with Gasteiger partial charge in [-0.25, -0.2) is 0 Å². The van der Waals surface area contributed by atoms with E-state index in [-0.39, 0.29) is 0 Å². The second kappa shape index (κ2) is 4.60. The zero-order valence-corrected chi connectivity index (χ0v) is 7.92. The van der Waals surface area contributed by atoms with E-state index in [9.17, 15) is 0 Å². The summed E-state index contributed by atoms with van der Waals surface area (Å²) >= 11 is 0. The molecule has 1 fully saturated rings. The molecule has 68 valence electrons. The van der Waals surface area contributed by atoms with Gasteiger partial charge in [0.05, 0.1) is 0 Å². The van der Waals surface area contributed by atoms with Crippen LogP contribution < -0.4 is 0 Å². The van der Waals surface area contributed by atoms with Gasteiger partial charge in [-0.15, -0.1) is 0 Å². The first-order chi connectivity index (χ1) is 5.75. The van der Waals surface area contributed by atoms with Crippen molar-refractivity contribution in [2.75, 3.05) is 13.2 Å². The van der Waals surface area contributed by atoms with Crippen LogP contribution in [0.25, 0.3) is 0 Å². The molecule has 1 atom stereocenters. The SMILES string of the molecule is CC(C)N1CCC[C@H]1COB=N. The maximum absolute atomic E-state index is 6.77. The van der Waals surface area contributed by atoms with Crippen molar-refractivity contribution in [1.29, 1.82) is 5.31 Å². The molecule has 4 heteroatoms. The van der Waals surface area contributed by atoms with Crippen molar-refractivity contribution in [2.24, 2.45) is 0 Å². The topological polar surface area (TPSA) is 36.3 Å². The van der Waals surface area contributed by atoms with Crippen LogP contribution in [0.4, 0.5) is 0 Å². The molecule has 1 aliphatic heterocycles. The van der Waals surface area contributed by atoms with Crippen molar-refractivity contribution in [2.45, 2.75) is 38.8 Å². The van der Waals surface area contributed by atoms with Crippen LogP contribution in [0.2, 0.25) is 0 Å². The van der Waals surface area contributed by atoms with E-state index in [1.165, 1.54) is 19.4 Å². The van der Waals surface area contributed by atoms with Crippen LogP contribution in [0.15, 0.2) is 0 Å². The van der Waals surface area contributed by atoms with Crippen molar-refractivity contribution in [3.05, 3.63) is 0 Å². The molecule has 0 radical (unpaired) electrons. The number of rotatable bonds is 4. The van der Waals surface area contributed by atoms with Gasteiger partial charge < -0.3 is 0 Å². The minimum atomic E-state index is 0.534.